The molecule has 0 saturated carbocycles. The normalized spacial score (nSPS) is 12.4. The molecule has 0 fully saturated rings. The average molecular weight is 423 g/mol. The number of hydrogen-bond acceptors (Lipinski definition) is 3. The number of ether oxygens (including phenoxy) is 1. The van der Waals surface area contributed by atoms with E-state index in [0.29, 0.717) is 5.75 Å². The highest BCUT2D eigenvalue weighted by Gasteiger charge is 2.35. The van der Waals surface area contributed by atoms with E-state index in [9.17, 15) is 4.79 Å². The molecule has 1 aliphatic rings. The van der Waals surface area contributed by atoms with Crippen molar-refractivity contribution in [1.82, 2.24) is 0 Å². The first-order valence-corrected chi connectivity index (χ1v) is 10.9. The fourth-order valence-corrected chi connectivity index (χ4v) is 4.41. The summed E-state index contributed by atoms with van der Waals surface area (Å²) in [5, 5.41) is 1.78. The lowest BCUT2D eigenvalue weighted by Gasteiger charge is -2.34. The van der Waals surface area contributed by atoms with Crippen molar-refractivity contribution in [2.75, 3.05) is 11.9 Å². The van der Waals surface area contributed by atoms with Crippen LogP contribution in [0.5, 0.6) is 5.75 Å². The molecule has 3 nitrogen and oxygen atoms in total. The number of esters is 1. The molecule has 1 heterocycles. The minimum absolute atomic E-state index is 0.263. The molecule has 1 aliphatic heterocycles. The zero-order chi connectivity index (χ0) is 21.1. The minimum Gasteiger partial charge on any atom is -0.424 e. The van der Waals surface area contributed by atoms with Crippen LogP contribution in [0.3, 0.4) is 0 Å². The Morgan fingerprint density at radius 1 is 0.897 bits per heavy atom. The van der Waals surface area contributed by atoms with Crippen LogP contribution in [-0.4, -0.2) is 13.0 Å². The summed E-state index contributed by atoms with van der Waals surface area (Å²) in [5.41, 5.74) is 5.05. The summed E-state index contributed by atoms with van der Waals surface area (Å²) in [6.45, 7) is 6.00. The molecule has 29 heavy (non-hydrogen) atoms. The van der Waals surface area contributed by atoms with E-state index in [1.807, 2.05) is 88.5 Å². The van der Waals surface area contributed by atoms with Crippen LogP contribution in [0.2, 0.25) is 0 Å². The van der Waals surface area contributed by atoms with Crippen LogP contribution in [0.1, 0.15) is 36.5 Å². The van der Waals surface area contributed by atoms with Crippen molar-refractivity contribution in [3.05, 3.63) is 77.4 Å². The van der Waals surface area contributed by atoms with Crippen LogP contribution >= 0.6 is 18.5 Å². The van der Waals surface area contributed by atoms with Crippen molar-refractivity contribution in [3.8, 4) is 5.75 Å². The molecular formula is C24H27NO2P2. The monoisotopic (exact) mass is 423 g/mol. The van der Waals surface area contributed by atoms with Gasteiger partial charge in [-0.3, -0.25) is 4.79 Å². The zero-order valence-electron chi connectivity index (χ0n) is 17.3. The van der Waals surface area contributed by atoms with Gasteiger partial charge in [0.2, 0.25) is 0 Å². The molecule has 150 valence electrons. The van der Waals surface area contributed by atoms with Crippen molar-refractivity contribution in [2.45, 2.75) is 26.7 Å². The van der Waals surface area contributed by atoms with E-state index in [1.165, 1.54) is 0 Å². The van der Waals surface area contributed by atoms with Crippen LogP contribution < -0.4 is 20.2 Å². The van der Waals surface area contributed by atoms with E-state index in [2.05, 4.69) is 23.4 Å². The third-order valence-electron chi connectivity index (χ3n) is 5.10. The van der Waals surface area contributed by atoms with Crippen molar-refractivity contribution in [1.29, 1.82) is 0 Å². The van der Waals surface area contributed by atoms with Gasteiger partial charge in [-0.25, -0.2) is 0 Å². The summed E-state index contributed by atoms with van der Waals surface area (Å²) in [6.07, 6.45) is 0. The number of anilines is 2. The van der Waals surface area contributed by atoms with Crippen LogP contribution in [0.25, 0.3) is 0 Å². The first-order valence-electron chi connectivity index (χ1n) is 9.77. The Morgan fingerprint density at radius 3 is 1.97 bits per heavy atom. The van der Waals surface area contributed by atoms with Gasteiger partial charge in [0.15, 0.2) is 0 Å². The molecule has 2 atom stereocenters. The molecule has 0 spiro atoms. The standard InChI is InChI=1S/C22H21NO2P2.C2H6/c1-13-11-12-18(26)20(21(13)27)25-22(24)19-14-7-3-5-9-16(14)23(2)17-10-6-4-8-15(17)19;1-2/h3-12,19H,26-27H2,1-2H3;1-2H3. The van der Waals surface area contributed by atoms with E-state index in [4.69, 9.17) is 4.74 Å². The molecule has 4 rings (SSSR count). The lowest BCUT2D eigenvalue weighted by molar-refractivity contribution is -0.135. The van der Waals surface area contributed by atoms with Crippen LogP contribution in [0.15, 0.2) is 60.7 Å². The Kier molecular flexibility index (Phi) is 6.73. The van der Waals surface area contributed by atoms with Crippen molar-refractivity contribution in [3.63, 3.8) is 0 Å². The fraction of sp³-hybridized carbons (Fsp3) is 0.208. The number of carbonyl (C=O) groups is 1. The molecule has 0 amide bonds. The van der Waals surface area contributed by atoms with E-state index in [-0.39, 0.29) is 5.97 Å². The summed E-state index contributed by atoms with van der Waals surface area (Å²) >= 11 is 0. The third-order valence-corrected chi connectivity index (χ3v) is 6.27. The topological polar surface area (TPSA) is 29.5 Å². The molecule has 2 unspecified atom stereocenters. The molecule has 0 bridgehead atoms. The third kappa shape index (κ3) is 3.95. The summed E-state index contributed by atoms with van der Waals surface area (Å²) < 4.78 is 5.95. The van der Waals surface area contributed by atoms with Gasteiger partial charge in [-0.05, 0) is 35.7 Å². The fourth-order valence-electron chi connectivity index (χ4n) is 3.61. The number of fused-ring (bicyclic) bond motifs is 2. The first kappa shape index (κ1) is 21.5. The van der Waals surface area contributed by atoms with E-state index >= 15 is 0 Å². The second-order valence-corrected chi connectivity index (χ2v) is 7.94. The maximum Gasteiger partial charge on any atom is 0.323 e. The molecule has 0 saturated heterocycles. The number of nitrogens with zero attached hydrogens (tertiary/aromatic N) is 1. The van der Waals surface area contributed by atoms with Gasteiger partial charge in [0.1, 0.15) is 11.7 Å². The van der Waals surface area contributed by atoms with Gasteiger partial charge >= 0.3 is 5.97 Å². The SMILES string of the molecule is CC.Cc1ccc(P)c(OC(=O)C2c3ccccc3N(C)c3ccccc32)c1P. The van der Waals surface area contributed by atoms with Crippen LogP contribution in [-0.2, 0) is 4.79 Å². The van der Waals surface area contributed by atoms with Crippen LogP contribution in [0.4, 0.5) is 11.4 Å². The Bertz CT molecular complexity index is 1000. The summed E-state index contributed by atoms with van der Waals surface area (Å²) in [5.74, 6) is -0.118. The van der Waals surface area contributed by atoms with Crippen molar-refractivity contribution in [2.24, 2.45) is 0 Å². The number of aryl methyl sites for hydroxylation is 1. The summed E-state index contributed by atoms with van der Waals surface area (Å²) in [4.78, 5) is 15.5. The highest BCUT2D eigenvalue weighted by molar-refractivity contribution is 7.30. The van der Waals surface area contributed by atoms with Gasteiger partial charge in [0.25, 0.3) is 0 Å². The van der Waals surface area contributed by atoms with Gasteiger partial charge in [-0.15, -0.1) is 18.5 Å². The van der Waals surface area contributed by atoms with Gasteiger partial charge in [0.05, 0.1) is 0 Å². The van der Waals surface area contributed by atoms with Gasteiger partial charge in [-0.2, -0.15) is 0 Å². The molecule has 5 heteroatoms. The van der Waals surface area contributed by atoms with Crippen LogP contribution in [0, 0.1) is 6.92 Å². The van der Waals surface area contributed by atoms with E-state index in [1.54, 1.807) is 0 Å². The molecule has 0 radical (unpaired) electrons. The minimum atomic E-state index is -0.456. The Balaban J connectivity index is 0.00000117. The molecule has 0 aliphatic carbocycles. The summed E-state index contributed by atoms with van der Waals surface area (Å²) in [6, 6.07) is 20.0. The molecule has 3 aromatic rings. The summed E-state index contributed by atoms with van der Waals surface area (Å²) in [7, 11) is 7.37. The number of hydrogen-bond donors (Lipinski definition) is 0. The lowest BCUT2D eigenvalue weighted by atomic mass is 9.85. The highest BCUT2D eigenvalue weighted by atomic mass is 31.0. The van der Waals surface area contributed by atoms with Gasteiger partial charge in [0, 0.05) is 29.0 Å². The predicted molar refractivity (Wildman–Crippen MR) is 130 cm³/mol. The first-order chi connectivity index (χ1) is 14.0. The van der Waals surface area contributed by atoms with Crippen molar-refractivity contribution >= 4 is 46.4 Å². The van der Waals surface area contributed by atoms with E-state index < -0.39 is 5.92 Å². The second kappa shape index (κ2) is 9.08. The average Bonchev–Trinajstić information content (AvgIpc) is 2.76. The number of rotatable bonds is 2. The Morgan fingerprint density at radius 2 is 1.41 bits per heavy atom. The van der Waals surface area contributed by atoms with E-state index in [0.717, 1.165) is 38.7 Å². The van der Waals surface area contributed by atoms with Gasteiger partial charge in [-0.1, -0.05) is 62.4 Å². The molecular weight excluding hydrogens is 396 g/mol. The quantitative estimate of drug-likeness (QED) is 0.336. The second-order valence-electron chi connectivity index (χ2n) is 6.75. The number of carbonyl (C=O) groups excluding carboxylic acids is 1. The largest absolute Gasteiger partial charge is 0.424 e. The molecule has 0 aromatic heterocycles. The smallest absolute Gasteiger partial charge is 0.323 e. The molecule has 0 N–H and O–H groups in total. The maximum absolute atomic E-state index is 13.4. The lowest BCUT2D eigenvalue weighted by Crippen LogP contribution is -2.30. The Labute approximate surface area is 177 Å². The van der Waals surface area contributed by atoms with Crippen molar-refractivity contribution < 1.29 is 9.53 Å². The predicted octanol–water partition coefficient (Wildman–Crippen LogP) is 4.84. The Hall–Kier alpha value is -2.21. The number of para-hydroxylation sites is 2. The molecule has 3 aromatic carbocycles. The van der Waals surface area contributed by atoms with Gasteiger partial charge < -0.3 is 9.64 Å². The zero-order valence-corrected chi connectivity index (χ0v) is 19.6. The number of benzene rings is 3. The maximum atomic E-state index is 13.4. The highest BCUT2D eigenvalue weighted by Crippen LogP contribution is 2.44.